The van der Waals surface area contributed by atoms with Crippen LogP contribution in [0.4, 0.5) is 5.69 Å². The van der Waals surface area contributed by atoms with Crippen molar-refractivity contribution in [3.63, 3.8) is 0 Å². The predicted molar refractivity (Wildman–Crippen MR) is 70.9 cm³/mol. The molecule has 1 saturated heterocycles. The zero-order valence-electron chi connectivity index (χ0n) is 10.2. The van der Waals surface area contributed by atoms with Crippen molar-refractivity contribution < 1.29 is 4.92 Å². The molecule has 19 heavy (non-hydrogen) atoms. The number of halogens is 1. The summed E-state index contributed by atoms with van der Waals surface area (Å²) < 4.78 is 0. The largest absolute Gasteiger partial charge is 0.314 e. The molecule has 1 heterocycles. The molecule has 0 radical (unpaired) electrons. The lowest BCUT2D eigenvalue weighted by molar-refractivity contribution is -0.384. The summed E-state index contributed by atoms with van der Waals surface area (Å²) in [6.45, 7) is 3.12. The zero-order valence-corrected chi connectivity index (χ0v) is 10.9. The van der Waals surface area contributed by atoms with Crippen LogP contribution >= 0.6 is 11.6 Å². The molecule has 1 aromatic rings. The van der Waals surface area contributed by atoms with Crippen molar-refractivity contribution in [1.29, 1.82) is 5.26 Å². The highest BCUT2D eigenvalue weighted by Gasteiger charge is 2.24. The molecule has 1 aromatic carbocycles. The Morgan fingerprint density at radius 3 is 2.74 bits per heavy atom. The molecule has 0 saturated carbocycles. The van der Waals surface area contributed by atoms with Crippen molar-refractivity contribution in [1.82, 2.24) is 10.2 Å². The SMILES string of the molecule is N#CC(c1ccc(Cl)c([N+](=O)[O-])c1)N1CCNCC1. The Kier molecular flexibility index (Phi) is 4.32. The number of nitro benzene ring substituents is 1. The van der Waals surface area contributed by atoms with Gasteiger partial charge >= 0.3 is 0 Å². The lowest BCUT2D eigenvalue weighted by Gasteiger charge is -2.31. The van der Waals surface area contributed by atoms with Gasteiger partial charge in [0.25, 0.3) is 5.69 Å². The predicted octanol–water partition coefficient (Wildman–Crippen LogP) is 1.72. The molecule has 0 aliphatic carbocycles. The molecular formula is C12H13ClN4O2. The second kappa shape index (κ2) is 5.97. The van der Waals surface area contributed by atoms with Gasteiger partial charge in [0.1, 0.15) is 11.1 Å². The fraction of sp³-hybridized carbons (Fsp3) is 0.417. The van der Waals surface area contributed by atoms with Crippen molar-refractivity contribution >= 4 is 17.3 Å². The standard InChI is InChI=1S/C12H13ClN4O2/c13-10-2-1-9(7-11(10)17(18)19)12(8-14)16-5-3-15-4-6-16/h1-2,7,12,15H,3-6H2. The van der Waals surface area contributed by atoms with Crippen LogP contribution in [0, 0.1) is 21.4 Å². The quantitative estimate of drug-likeness (QED) is 0.673. The van der Waals surface area contributed by atoms with Gasteiger partial charge in [-0.05, 0) is 11.6 Å². The first-order valence-electron chi connectivity index (χ1n) is 5.91. The summed E-state index contributed by atoms with van der Waals surface area (Å²) in [6, 6.07) is 6.26. The lowest BCUT2D eigenvalue weighted by atomic mass is 10.0. The van der Waals surface area contributed by atoms with Crippen molar-refractivity contribution in [3.8, 4) is 6.07 Å². The Morgan fingerprint density at radius 2 is 2.16 bits per heavy atom. The maximum Gasteiger partial charge on any atom is 0.288 e. The van der Waals surface area contributed by atoms with E-state index < -0.39 is 11.0 Å². The second-order valence-corrected chi connectivity index (χ2v) is 4.69. The van der Waals surface area contributed by atoms with Crippen LogP contribution in [-0.2, 0) is 0 Å². The molecule has 0 amide bonds. The Morgan fingerprint density at radius 1 is 1.47 bits per heavy atom. The number of benzene rings is 1. The van der Waals surface area contributed by atoms with Gasteiger partial charge in [-0.3, -0.25) is 15.0 Å². The molecule has 1 atom stereocenters. The van der Waals surface area contributed by atoms with Crippen molar-refractivity contribution in [2.75, 3.05) is 26.2 Å². The Hall–Kier alpha value is -1.68. The Labute approximate surface area is 115 Å². The molecule has 1 aliphatic heterocycles. The van der Waals surface area contributed by atoms with E-state index in [1.807, 2.05) is 4.90 Å². The summed E-state index contributed by atoms with van der Waals surface area (Å²) in [5.41, 5.74) is 0.454. The summed E-state index contributed by atoms with van der Waals surface area (Å²) in [5, 5.41) is 23.5. The lowest BCUT2D eigenvalue weighted by Crippen LogP contribution is -2.44. The molecule has 6 nitrogen and oxygen atoms in total. The van der Waals surface area contributed by atoms with E-state index in [4.69, 9.17) is 11.6 Å². The minimum absolute atomic E-state index is 0.0887. The molecule has 1 fully saturated rings. The van der Waals surface area contributed by atoms with Gasteiger partial charge in [0, 0.05) is 32.2 Å². The molecule has 100 valence electrons. The highest BCUT2D eigenvalue weighted by atomic mass is 35.5. The fourth-order valence-corrected chi connectivity index (χ4v) is 2.33. The average Bonchev–Trinajstić information content (AvgIpc) is 2.42. The van der Waals surface area contributed by atoms with Crippen LogP contribution in [0.2, 0.25) is 5.02 Å². The van der Waals surface area contributed by atoms with Gasteiger partial charge in [-0.2, -0.15) is 5.26 Å². The van der Waals surface area contributed by atoms with Crippen LogP contribution in [0.3, 0.4) is 0 Å². The minimum atomic E-state index is -0.530. The minimum Gasteiger partial charge on any atom is -0.314 e. The number of nitrogens with zero attached hydrogens (tertiary/aromatic N) is 3. The average molecular weight is 281 g/mol. The number of rotatable bonds is 3. The van der Waals surface area contributed by atoms with Crippen molar-refractivity contribution in [2.24, 2.45) is 0 Å². The summed E-state index contributed by atoms with van der Waals surface area (Å²) in [6.07, 6.45) is 0. The molecule has 0 spiro atoms. The third kappa shape index (κ3) is 3.01. The van der Waals surface area contributed by atoms with Gasteiger partial charge in [-0.25, -0.2) is 0 Å². The third-order valence-corrected chi connectivity index (χ3v) is 3.44. The maximum absolute atomic E-state index is 10.9. The van der Waals surface area contributed by atoms with E-state index >= 15 is 0 Å². The van der Waals surface area contributed by atoms with Gasteiger partial charge < -0.3 is 5.32 Å². The Balaban J connectivity index is 2.30. The molecule has 1 aliphatic rings. The monoisotopic (exact) mass is 280 g/mol. The van der Waals surface area contributed by atoms with Crippen LogP contribution < -0.4 is 5.32 Å². The molecule has 0 bridgehead atoms. The number of nitrogens with one attached hydrogen (secondary N) is 1. The first-order valence-corrected chi connectivity index (χ1v) is 6.29. The third-order valence-electron chi connectivity index (χ3n) is 3.12. The molecule has 7 heteroatoms. The highest BCUT2D eigenvalue weighted by Crippen LogP contribution is 2.29. The topological polar surface area (TPSA) is 82.2 Å². The number of piperazine rings is 1. The van der Waals surface area contributed by atoms with Gasteiger partial charge in [0.05, 0.1) is 11.0 Å². The summed E-state index contributed by atoms with van der Waals surface area (Å²) >= 11 is 5.78. The number of hydrogen-bond donors (Lipinski definition) is 1. The number of nitriles is 1. The van der Waals surface area contributed by atoms with Crippen molar-refractivity contribution in [3.05, 3.63) is 38.9 Å². The normalized spacial score (nSPS) is 17.7. The second-order valence-electron chi connectivity index (χ2n) is 4.29. The van der Waals surface area contributed by atoms with E-state index in [0.717, 1.165) is 26.2 Å². The van der Waals surface area contributed by atoms with Gasteiger partial charge in [-0.15, -0.1) is 0 Å². The van der Waals surface area contributed by atoms with E-state index in [2.05, 4.69) is 11.4 Å². The van der Waals surface area contributed by atoms with Crippen LogP contribution in [-0.4, -0.2) is 36.0 Å². The summed E-state index contributed by atoms with van der Waals surface area (Å²) in [7, 11) is 0. The summed E-state index contributed by atoms with van der Waals surface area (Å²) in [4.78, 5) is 12.3. The highest BCUT2D eigenvalue weighted by molar-refractivity contribution is 6.32. The smallest absolute Gasteiger partial charge is 0.288 e. The van der Waals surface area contributed by atoms with Crippen LogP contribution in [0.25, 0.3) is 0 Å². The first kappa shape index (κ1) is 13.7. The van der Waals surface area contributed by atoms with E-state index in [0.29, 0.717) is 5.56 Å². The number of nitro groups is 1. The molecule has 2 rings (SSSR count). The molecule has 1 N–H and O–H groups in total. The maximum atomic E-state index is 10.9. The van der Waals surface area contributed by atoms with Gasteiger partial charge in [-0.1, -0.05) is 17.7 Å². The molecular weight excluding hydrogens is 268 g/mol. The summed E-state index contributed by atoms with van der Waals surface area (Å²) in [5.74, 6) is 0. The van der Waals surface area contributed by atoms with Crippen LogP contribution in [0.15, 0.2) is 18.2 Å². The fourth-order valence-electron chi connectivity index (χ4n) is 2.15. The van der Waals surface area contributed by atoms with E-state index in [-0.39, 0.29) is 10.7 Å². The van der Waals surface area contributed by atoms with Gasteiger partial charge in [0.2, 0.25) is 0 Å². The van der Waals surface area contributed by atoms with Crippen molar-refractivity contribution in [2.45, 2.75) is 6.04 Å². The molecule has 1 unspecified atom stereocenters. The van der Waals surface area contributed by atoms with Crippen LogP contribution in [0.1, 0.15) is 11.6 Å². The molecule has 0 aromatic heterocycles. The first-order chi connectivity index (χ1) is 9.13. The van der Waals surface area contributed by atoms with E-state index in [1.54, 1.807) is 6.07 Å². The zero-order chi connectivity index (χ0) is 13.8. The van der Waals surface area contributed by atoms with Gasteiger partial charge in [0.15, 0.2) is 0 Å². The van der Waals surface area contributed by atoms with E-state index in [9.17, 15) is 15.4 Å². The number of hydrogen-bond acceptors (Lipinski definition) is 5. The van der Waals surface area contributed by atoms with Crippen LogP contribution in [0.5, 0.6) is 0 Å². The Bertz CT molecular complexity index is 523. The van der Waals surface area contributed by atoms with E-state index in [1.165, 1.54) is 12.1 Å².